The Balaban J connectivity index is 0.00000544. The van der Waals surface area contributed by atoms with E-state index in [0.717, 1.165) is 0 Å². The van der Waals surface area contributed by atoms with Crippen molar-refractivity contribution in [1.29, 1.82) is 0 Å². The summed E-state index contributed by atoms with van der Waals surface area (Å²) in [5.41, 5.74) is -0.00491. The first-order valence-corrected chi connectivity index (χ1v) is 9.34. The van der Waals surface area contributed by atoms with E-state index >= 15 is 0 Å². The number of hydrogen-bond acceptors (Lipinski definition) is 8. The summed E-state index contributed by atoms with van der Waals surface area (Å²) in [5.74, 6) is -5.80. The van der Waals surface area contributed by atoms with Crippen LogP contribution in [0.1, 0.15) is 67.1 Å². The summed E-state index contributed by atoms with van der Waals surface area (Å²) >= 11 is 0. The monoisotopic (exact) mass is 490 g/mol. The standard InChI is InChI=1S/C22H18O10.2Na.2H/c23-17(31-21(29)15-9-5-13(6-10-15)19(25)26)3-1-2-4-18(24)32-22(30)16-11-7-14(8-12-16)20(27)28;;;;/h5-12H,1-4H2,(H,25,26)(H,27,28);;;;. The van der Waals surface area contributed by atoms with Crippen LogP contribution in [0, 0.1) is 0 Å². The van der Waals surface area contributed by atoms with E-state index < -0.39 is 35.8 Å². The van der Waals surface area contributed by atoms with Gasteiger partial charge in [0.1, 0.15) is 0 Å². The van der Waals surface area contributed by atoms with Gasteiger partial charge in [0.05, 0.1) is 22.3 Å². The Hall–Kier alpha value is -2.34. The molecule has 2 aromatic rings. The van der Waals surface area contributed by atoms with Crippen LogP contribution in [-0.2, 0) is 19.1 Å². The van der Waals surface area contributed by atoms with Gasteiger partial charge >= 0.3 is 94.9 Å². The van der Waals surface area contributed by atoms with E-state index in [2.05, 4.69) is 9.47 Å². The first-order chi connectivity index (χ1) is 15.2. The van der Waals surface area contributed by atoms with Crippen molar-refractivity contribution in [2.75, 3.05) is 0 Å². The van der Waals surface area contributed by atoms with Crippen molar-refractivity contribution in [3.8, 4) is 0 Å². The molecule has 0 radical (unpaired) electrons. The maximum atomic E-state index is 11.9. The molecular formula is C22H20Na2O10. The van der Waals surface area contributed by atoms with Crippen molar-refractivity contribution in [3.63, 3.8) is 0 Å². The summed E-state index contributed by atoms with van der Waals surface area (Å²) in [6.45, 7) is 0. The molecule has 2 rings (SSSR count). The third-order valence-electron chi connectivity index (χ3n) is 4.16. The van der Waals surface area contributed by atoms with E-state index in [0.29, 0.717) is 0 Å². The first kappa shape index (κ1) is 31.7. The van der Waals surface area contributed by atoms with Gasteiger partial charge in [-0.3, -0.25) is 9.59 Å². The zero-order valence-electron chi connectivity index (χ0n) is 16.6. The topological polar surface area (TPSA) is 161 Å². The van der Waals surface area contributed by atoms with Crippen molar-refractivity contribution in [2.24, 2.45) is 0 Å². The van der Waals surface area contributed by atoms with Gasteiger partial charge < -0.3 is 19.7 Å². The molecule has 0 fully saturated rings. The number of carbonyl (C=O) groups is 6. The number of aromatic carboxylic acids is 2. The third kappa shape index (κ3) is 10.3. The third-order valence-corrected chi connectivity index (χ3v) is 4.16. The van der Waals surface area contributed by atoms with E-state index in [-0.39, 0.29) is 107 Å². The summed E-state index contributed by atoms with van der Waals surface area (Å²) < 4.78 is 9.31. The molecule has 170 valence electrons. The van der Waals surface area contributed by atoms with Crippen LogP contribution in [0.4, 0.5) is 0 Å². The van der Waals surface area contributed by atoms with Crippen molar-refractivity contribution in [2.45, 2.75) is 25.7 Å². The van der Waals surface area contributed by atoms with Gasteiger partial charge in [0.25, 0.3) is 0 Å². The quantitative estimate of drug-likeness (QED) is 0.228. The molecular weight excluding hydrogens is 470 g/mol. The minimum atomic E-state index is -1.16. The summed E-state index contributed by atoms with van der Waals surface area (Å²) in [7, 11) is 0. The number of carbonyl (C=O) groups excluding carboxylic acids is 4. The number of carboxylic acids is 2. The molecule has 10 nitrogen and oxygen atoms in total. The number of esters is 4. The van der Waals surface area contributed by atoms with E-state index in [4.69, 9.17) is 10.2 Å². The molecule has 0 aromatic heterocycles. The van der Waals surface area contributed by atoms with E-state index in [1.54, 1.807) is 0 Å². The Morgan fingerprint density at radius 3 is 1.06 bits per heavy atom. The fourth-order valence-corrected chi connectivity index (χ4v) is 2.46. The van der Waals surface area contributed by atoms with Crippen LogP contribution in [0.3, 0.4) is 0 Å². The van der Waals surface area contributed by atoms with Crippen LogP contribution >= 0.6 is 0 Å². The van der Waals surface area contributed by atoms with Gasteiger partial charge in [0.15, 0.2) is 0 Å². The second kappa shape index (κ2) is 15.5. The van der Waals surface area contributed by atoms with Crippen molar-refractivity contribution in [3.05, 3.63) is 70.8 Å². The molecule has 2 N–H and O–H groups in total. The molecule has 0 spiro atoms. The second-order valence-electron chi connectivity index (χ2n) is 6.50. The predicted octanol–water partition coefficient (Wildman–Crippen LogP) is 1.41. The van der Waals surface area contributed by atoms with Crippen LogP contribution in [0.15, 0.2) is 48.5 Å². The fourth-order valence-electron chi connectivity index (χ4n) is 2.46. The molecule has 2 aromatic carbocycles. The van der Waals surface area contributed by atoms with Crippen molar-refractivity contribution in [1.82, 2.24) is 0 Å². The van der Waals surface area contributed by atoms with Gasteiger partial charge in [-0.15, -0.1) is 0 Å². The Bertz CT molecular complexity index is 961. The van der Waals surface area contributed by atoms with Crippen LogP contribution in [0.2, 0.25) is 0 Å². The number of ether oxygens (including phenoxy) is 2. The van der Waals surface area contributed by atoms with Crippen molar-refractivity contribution >= 4 is 94.9 Å². The molecule has 34 heavy (non-hydrogen) atoms. The molecule has 0 aliphatic rings. The summed E-state index contributed by atoms with van der Waals surface area (Å²) in [4.78, 5) is 68.7. The Labute approximate surface area is 238 Å². The zero-order chi connectivity index (χ0) is 23.7. The van der Waals surface area contributed by atoms with Gasteiger partial charge in [-0.2, -0.15) is 0 Å². The van der Waals surface area contributed by atoms with E-state index in [1.807, 2.05) is 0 Å². The van der Waals surface area contributed by atoms with E-state index in [9.17, 15) is 28.8 Å². The predicted molar refractivity (Wildman–Crippen MR) is 120 cm³/mol. The molecule has 0 heterocycles. The molecule has 12 heteroatoms. The van der Waals surface area contributed by atoms with Gasteiger partial charge in [-0.25, -0.2) is 19.2 Å². The van der Waals surface area contributed by atoms with Gasteiger partial charge in [-0.1, -0.05) is 0 Å². The summed E-state index contributed by atoms with van der Waals surface area (Å²) in [6, 6.07) is 9.71. The molecule has 0 atom stereocenters. The molecule has 0 aliphatic heterocycles. The SMILES string of the molecule is O=C(CCCCC(=O)OC(=O)c1ccc(C(=O)O)cc1)OC(=O)c1ccc(C(=O)O)cc1.[NaH].[NaH]. The van der Waals surface area contributed by atoms with Crippen LogP contribution < -0.4 is 0 Å². The van der Waals surface area contributed by atoms with Crippen LogP contribution in [0.25, 0.3) is 0 Å². The molecule has 0 saturated carbocycles. The first-order valence-electron chi connectivity index (χ1n) is 9.34. The van der Waals surface area contributed by atoms with Crippen LogP contribution in [0.5, 0.6) is 0 Å². The minimum absolute atomic E-state index is 0. The molecule has 0 amide bonds. The normalized spacial score (nSPS) is 9.53. The Morgan fingerprint density at radius 2 is 0.794 bits per heavy atom. The van der Waals surface area contributed by atoms with Crippen molar-refractivity contribution < 1.29 is 48.5 Å². The average Bonchev–Trinajstić information content (AvgIpc) is 2.76. The summed E-state index contributed by atoms with van der Waals surface area (Å²) in [6.07, 6.45) is 0.0784. The van der Waals surface area contributed by atoms with Crippen LogP contribution in [-0.4, -0.2) is 105 Å². The molecule has 0 bridgehead atoms. The number of carboxylic acid groups (broad SMARTS) is 2. The molecule has 0 unspecified atom stereocenters. The fraction of sp³-hybridized carbons (Fsp3) is 0.182. The second-order valence-corrected chi connectivity index (χ2v) is 6.50. The van der Waals surface area contributed by atoms with Gasteiger partial charge in [0.2, 0.25) is 0 Å². The molecule has 0 aliphatic carbocycles. The number of benzene rings is 2. The zero-order valence-corrected chi connectivity index (χ0v) is 16.6. The maximum absolute atomic E-state index is 11.9. The van der Waals surface area contributed by atoms with Gasteiger partial charge in [-0.05, 0) is 61.4 Å². The number of unbranched alkanes of at least 4 members (excludes halogenated alkanes) is 1. The number of hydrogen-bond donors (Lipinski definition) is 2. The average molecular weight is 490 g/mol. The number of rotatable bonds is 9. The Kier molecular flexibility index (Phi) is 14.5. The summed E-state index contributed by atoms with van der Waals surface area (Å²) in [5, 5.41) is 17.6. The van der Waals surface area contributed by atoms with E-state index in [1.165, 1.54) is 48.5 Å². The Morgan fingerprint density at radius 1 is 0.529 bits per heavy atom. The molecule has 0 saturated heterocycles. The van der Waals surface area contributed by atoms with Gasteiger partial charge in [0, 0.05) is 12.8 Å².